The number of ether oxygens (including phenoxy) is 1. The summed E-state index contributed by atoms with van der Waals surface area (Å²) >= 11 is 13.2. The second kappa shape index (κ2) is 7.74. The first-order valence-corrected chi connectivity index (χ1v) is 8.74. The van der Waals surface area contributed by atoms with E-state index in [1.807, 2.05) is 0 Å². The van der Waals surface area contributed by atoms with Crippen LogP contribution in [0.3, 0.4) is 0 Å². The SMILES string of the molecule is O=C(Oc1cc(Cl)cc(NCc2cnc(Cl)s2)c1O)c1ccccc1. The molecule has 2 aromatic carbocycles. The lowest BCUT2D eigenvalue weighted by atomic mass is 10.2. The molecule has 25 heavy (non-hydrogen) atoms. The molecule has 5 nitrogen and oxygen atoms in total. The van der Waals surface area contributed by atoms with Gasteiger partial charge in [0.15, 0.2) is 16.0 Å². The van der Waals surface area contributed by atoms with Gasteiger partial charge in [0, 0.05) is 22.2 Å². The van der Waals surface area contributed by atoms with Crippen LogP contribution in [0.15, 0.2) is 48.7 Å². The molecule has 0 amide bonds. The Labute approximate surface area is 157 Å². The van der Waals surface area contributed by atoms with Gasteiger partial charge in [0.25, 0.3) is 0 Å². The molecule has 0 aliphatic rings. The van der Waals surface area contributed by atoms with Gasteiger partial charge in [0.2, 0.25) is 0 Å². The Morgan fingerprint density at radius 3 is 2.68 bits per heavy atom. The first kappa shape index (κ1) is 17.5. The van der Waals surface area contributed by atoms with E-state index in [1.165, 1.54) is 17.4 Å². The summed E-state index contributed by atoms with van der Waals surface area (Å²) < 4.78 is 5.70. The molecule has 128 valence electrons. The largest absolute Gasteiger partial charge is 0.503 e. The van der Waals surface area contributed by atoms with Gasteiger partial charge in [-0.15, -0.1) is 11.3 Å². The smallest absolute Gasteiger partial charge is 0.343 e. The first-order chi connectivity index (χ1) is 12.0. The van der Waals surface area contributed by atoms with E-state index in [-0.39, 0.29) is 11.5 Å². The quantitative estimate of drug-likeness (QED) is 0.362. The number of phenolic OH excluding ortho intramolecular Hbond substituents is 1. The van der Waals surface area contributed by atoms with Crippen molar-refractivity contribution in [3.05, 3.63) is 68.6 Å². The van der Waals surface area contributed by atoms with Crippen LogP contribution in [0.25, 0.3) is 0 Å². The topological polar surface area (TPSA) is 71.5 Å². The van der Waals surface area contributed by atoms with E-state index in [9.17, 15) is 9.90 Å². The van der Waals surface area contributed by atoms with Gasteiger partial charge in [-0.25, -0.2) is 9.78 Å². The normalized spacial score (nSPS) is 10.5. The number of carbonyl (C=O) groups excluding carboxylic acids is 1. The summed E-state index contributed by atoms with van der Waals surface area (Å²) in [5.41, 5.74) is 0.712. The lowest BCUT2D eigenvalue weighted by Crippen LogP contribution is -2.09. The zero-order valence-electron chi connectivity index (χ0n) is 12.7. The summed E-state index contributed by atoms with van der Waals surface area (Å²) in [5.74, 6) is -0.811. The van der Waals surface area contributed by atoms with Crippen molar-refractivity contribution >= 4 is 46.2 Å². The summed E-state index contributed by atoms with van der Waals surface area (Å²) in [4.78, 5) is 17.0. The van der Waals surface area contributed by atoms with Gasteiger partial charge in [-0.05, 0) is 18.2 Å². The summed E-state index contributed by atoms with van der Waals surface area (Å²) in [6, 6.07) is 11.4. The third-order valence-electron chi connectivity index (χ3n) is 3.23. The molecular weight excluding hydrogens is 383 g/mol. The summed E-state index contributed by atoms with van der Waals surface area (Å²) in [5, 5.41) is 13.7. The molecule has 2 N–H and O–H groups in total. The minimum absolute atomic E-state index is 0.0220. The van der Waals surface area contributed by atoms with Crippen molar-refractivity contribution in [1.82, 2.24) is 4.98 Å². The van der Waals surface area contributed by atoms with Gasteiger partial charge in [-0.3, -0.25) is 0 Å². The number of hydrogen-bond acceptors (Lipinski definition) is 6. The minimum Gasteiger partial charge on any atom is -0.503 e. The van der Waals surface area contributed by atoms with Gasteiger partial charge in [-0.2, -0.15) is 0 Å². The van der Waals surface area contributed by atoms with Crippen molar-refractivity contribution in [2.24, 2.45) is 0 Å². The van der Waals surface area contributed by atoms with Crippen molar-refractivity contribution in [3.8, 4) is 11.5 Å². The zero-order chi connectivity index (χ0) is 17.8. The maximum Gasteiger partial charge on any atom is 0.343 e. The Hall–Kier alpha value is -2.28. The van der Waals surface area contributed by atoms with Crippen LogP contribution in [0.5, 0.6) is 11.5 Å². The second-order valence-electron chi connectivity index (χ2n) is 4.99. The lowest BCUT2D eigenvalue weighted by Gasteiger charge is -2.12. The highest BCUT2D eigenvalue weighted by molar-refractivity contribution is 7.15. The number of benzene rings is 2. The molecule has 0 unspecified atom stereocenters. The molecule has 0 atom stereocenters. The van der Waals surface area contributed by atoms with Gasteiger partial charge < -0.3 is 15.2 Å². The average molecular weight is 395 g/mol. The average Bonchev–Trinajstić information content (AvgIpc) is 3.02. The first-order valence-electron chi connectivity index (χ1n) is 7.17. The number of nitrogens with one attached hydrogen (secondary N) is 1. The number of hydrogen-bond donors (Lipinski definition) is 2. The highest BCUT2D eigenvalue weighted by Gasteiger charge is 2.16. The van der Waals surface area contributed by atoms with Crippen molar-refractivity contribution in [2.45, 2.75) is 6.54 Å². The third kappa shape index (κ3) is 4.42. The van der Waals surface area contributed by atoms with Crippen LogP contribution in [-0.2, 0) is 6.54 Å². The van der Waals surface area contributed by atoms with Crippen LogP contribution in [0.1, 0.15) is 15.2 Å². The highest BCUT2D eigenvalue weighted by Crippen LogP contribution is 2.38. The van der Waals surface area contributed by atoms with Gasteiger partial charge in [-0.1, -0.05) is 41.4 Å². The maximum atomic E-state index is 12.2. The van der Waals surface area contributed by atoms with Gasteiger partial charge >= 0.3 is 5.97 Å². The molecule has 3 aromatic rings. The lowest BCUT2D eigenvalue weighted by molar-refractivity contribution is 0.0730. The van der Waals surface area contributed by atoms with Crippen molar-refractivity contribution < 1.29 is 14.6 Å². The fourth-order valence-corrected chi connectivity index (χ4v) is 3.19. The number of rotatable bonds is 5. The molecule has 0 fully saturated rings. The number of nitrogens with zero attached hydrogens (tertiary/aromatic N) is 1. The molecule has 0 saturated heterocycles. The van der Waals surface area contributed by atoms with E-state index in [1.54, 1.807) is 42.6 Å². The van der Waals surface area contributed by atoms with Gasteiger partial charge in [0.05, 0.1) is 17.8 Å². The van der Waals surface area contributed by atoms with Crippen LogP contribution >= 0.6 is 34.5 Å². The Kier molecular flexibility index (Phi) is 5.43. The Morgan fingerprint density at radius 2 is 2.00 bits per heavy atom. The van der Waals surface area contributed by atoms with Crippen LogP contribution in [0.2, 0.25) is 9.49 Å². The molecule has 0 radical (unpaired) electrons. The standard InChI is InChI=1S/C17H12Cl2N2O3S/c18-11-6-13(20-8-12-9-21-17(19)25-12)15(22)14(7-11)24-16(23)10-4-2-1-3-5-10/h1-7,9,20,22H,8H2. The number of aromatic nitrogens is 1. The number of thiazole rings is 1. The Morgan fingerprint density at radius 1 is 1.24 bits per heavy atom. The van der Waals surface area contributed by atoms with E-state index in [4.69, 9.17) is 27.9 Å². The summed E-state index contributed by atoms with van der Waals surface area (Å²) in [6.07, 6.45) is 1.64. The zero-order valence-corrected chi connectivity index (χ0v) is 15.0. The fourth-order valence-electron chi connectivity index (χ4n) is 2.07. The maximum absolute atomic E-state index is 12.2. The second-order valence-corrected chi connectivity index (χ2v) is 7.12. The highest BCUT2D eigenvalue weighted by atomic mass is 35.5. The molecule has 0 saturated carbocycles. The predicted molar refractivity (Wildman–Crippen MR) is 99.0 cm³/mol. The molecule has 0 aliphatic carbocycles. The van der Waals surface area contributed by atoms with Crippen LogP contribution < -0.4 is 10.1 Å². The van der Waals surface area contributed by atoms with Crippen molar-refractivity contribution in [2.75, 3.05) is 5.32 Å². The van der Waals surface area contributed by atoms with Crippen molar-refractivity contribution in [3.63, 3.8) is 0 Å². The predicted octanol–water partition coefficient (Wildman–Crippen LogP) is 4.99. The fraction of sp³-hybridized carbons (Fsp3) is 0.0588. The van der Waals surface area contributed by atoms with Crippen molar-refractivity contribution in [1.29, 1.82) is 0 Å². The number of esters is 1. The Bertz CT molecular complexity index is 900. The number of halogens is 2. The van der Waals surface area contributed by atoms with E-state index in [0.29, 0.717) is 27.3 Å². The monoisotopic (exact) mass is 394 g/mol. The molecule has 3 rings (SSSR count). The summed E-state index contributed by atoms with van der Waals surface area (Å²) in [6.45, 7) is 0.393. The third-order valence-corrected chi connectivity index (χ3v) is 4.56. The van der Waals surface area contributed by atoms with E-state index in [2.05, 4.69) is 10.3 Å². The molecule has 1 aromatic heterocycles. The number of phenols is 1. The molecule has 1 heterocycles. The van der Waals surface area contributed by atoms with E-state index in [0.717, 1.165) is 4.88 Å². The molecule has 0 bridgehead atoms. The van der Waals surface area contributed by atoms with Crippen LogP contribution in [0, 0.1) is 0 Å². The van der Waals surface area contributed by atoms with Gasteiger partial charge in [0.1, 0.15) is 0 Å². The Balaban J connectivity index is 1.78. The number of anilines is 1. The molecule has 0 aliphatic heterocycles. The number of carbonyl (C=O) groups is 1. The van der Waals surface area contributed by atoms with E-state index < -0.39 is 5.97 Å². The van der Waals surface area contributed by atoms with Crippen LogP contribution in [-0.4, -0.2) is 16.1 Å². The minimum atomic E-state index is -0.585. The summed E-state index contributed by atoms with van der Waals surface area (Å²) in [7, 11) is 0. The van der Waals surface area contributed by atoms with Crippen LogP contribution in [0.4, 0.5) is 5.69 Å². The van der Waals surface area contributed by atoms with E-state index >= 15 is 0 Å². The number of aromatic hydroxyl groups is 1. The molecule has 0 spiro atoms. The molecule has 8 heteroatoms. The molecular formula is C17H12Cl2N2O3S.